The summed E-state index contributed by atoms with van der Waals surface area (Å²) in [5.74, 6) is 0. The Bertz CT molecular complexity index is 1420. The normalized spacial score (nSPS) is 10.0. The van der Waals surface area contributed by atoms with Crippen LogP contribution in [-0.4, -0.2) is 0 Å². The monoisotopic (exact) mass is 582 g/mol. The van der Waals surface area contributed by atoms with Crippen LogP contribution in [0.1, 0.15) is 16.7 Å². The largest absolute Gasteiger partial charge is 0.0622 e. The number of rotatable bonds is 3. The predicted octanol–water partition coefficient (Wildman–Crippen LogP) is 11.7. The third-order valence-corrected chi connectivity index (χ3v) is 7.08. The fourth-order valence-electron chi connectivity index (χ4n) is 4.14. The number of hydrogen-bond donors (Lipinski definition) is 0. The van der Waals surface area contributed by atoms with Gasteiger partial charge in [-0.2, -0.15) is 0 Å². The maximum absolute atomic E-state index is 3.43. The zero-order valence-electron chi connectivity index (χ0n) is 23.4. The van der Waals surface area contributed by atoms with Crippen molar-refractivity contribution >= 4 is 15.9 Å². The molecule has 0 radical (unpaired) electrons. The highest BCUT2D eigenvalue weighted by Gasteiger charge is 1.97. The molecule has 0 atom stereocenters. The lowest BCUT2D eigenvalue weighted by atomic mass is 10.0. The molecule has 0 unspecified atom stereocenters. The van der Waals surface area contributed by atoms with E-state index in [-0.39, 0.29) is 0 Å². The topological polar surface area (TPSA) is 0 Å². The van der Waals surface area contributed by atoms with Gasteiger partial charge in [0, 0.05) is 4.47 Å². The lowest BCUT2D eigenvalue weighted by molar-refractivity contribution is 1.47. The van der Waals surface area contributed by atoms with E-state index in [9.17, 15) is 0 Å². The van der Waals surface area contributed by atoms with Gasteiger partial charge in [-0.25, -0.2) is 0 Å². The molecule has 0 saturated carbocycles. The minimum absolute atomic E-state index is 1.12. The molecule has 0 aliphatic heterocycles. The molecule has 0 heterocycles. The molecule has 0 aromatic heterocycles. The van der Waals surface area contributed by atoms with Crippen LogP contribution < -0.4 is 0 Å². The first-order valence-corrected chi connectivity index (χ1v) is 14.3. The van der Waals surface area contributed by atoms with Crippen molar-refractivity contribution < 1.29 is 0 Å². The molecule has 0 aliphatic rings. The second-order valence-electron chi connectivity index (χ2n) is 9.84. The van der Waals surface area contributed by atoms with E-state index in [4.69, 9.17) is 0 Å². The fourth-order valence-corrected chi connectivity index (χ4v) is 4.41. The van der Waals surface area contributed by atoms with Crippen molar-refractivity contribution in [2.24, 2.45) is 0 Å². The van der Waals surface area contributed by atoms with Crippen LogP contribution in [0.5, 0.6) is 0 Å². The van der Waals surface area contributed by atoms with Crippen molar-refractivity contribution in [1.82, 2.24) is 0 Å². The number of aryl methyl sites for hydroxylation is 3. The first kappa shape index (κ1) is 28.8. The molecule has 0 saturated heterocycles. The Balaban J connectivity index is 0.000000139. The zero-order valence-corrected chi connectivity index (χ0v) is 25.0. The Labute approximate surface area is 248 Å². The average molecular weight is 584 g/mol. The van der Waals surface area contributed by atoms with Crippen molar-refractivity contribution in [3.05, 3.63) is 179 Å². The lowest BCUT2D eigenvalue weighted by Crippen LogP contribution is -1.77. The Morgan fingerprint density at radius 3 is 0.775 bits per heavy atom. The van der Waals surface area contributed by atoms with Crippen LogP contribution in [0, 0.1) is 20.8 Å². The molecule has 6 aromatic rings. The maximum Gasteiger partial charge on any atom is 0.0175 e. The summed E-state index contributed by atoms with van der Waals surface area (Å²) in [5.41, 5.74) is 11.6. The van der Waals surface area contributed by atoms with E-state index in [1.807, 2.05) is 12.1 Å². The van der Waals surface area contributed by atoms with E-state index in [0.717, 1.165) is 4.47 Å². The first-order chi connectivity index (χ1) is 19.5. The van der Waals surface area contributed by atoms with Gasteiger partial charge in [0.2, 0.25) is 0 Å². The maximum atomic E-state index is 3.43. The third kappa shape index (κ3) is 8.93. The molecule has 0 spiro atoms. The molecule has 6 rings (SSSR count). The number of benzene rings is 6. The highest BCUT2D eigenvalue weighted by molar-refractivity contribution is 9.10. The van der Waals surface area contributed by atoms with E-state index in [1.165, 1.54) is 50.1 Å². The molecule has 0 amide bonds. The first-order valence-electron chi connectivity index (χ1n) is 13.5. The zero-order chi connectivity index (χ0) is 28.2. The second kappa shape index (κ2) is 14.8. The smallest absolute Gasteiger partial charge is 0.0175 e. The number of hydrogen-bond acceptors (Lipinski definition) is 0. The average Bonchev–Trinajstić information content (AvgIpc) is 3.00. The molecule has 0 nitrogen and oxygen atoms in total. The quantitative estimate of drug-likeness (QED) is 0.194. The minimum atomic E-state index is 1.12. The summed E-state index contributed by atoms with van der Waals surface area (Å²) >= 11 is 3.43. The molecular weight excluding hydrogens is 548 g/mol. The van der Waals surface area contributed by atoms with Gasteiger partial charge in [0.25, 0.3) is 0 Å². The van der Waals surface area contributed by atoms with Gasteiger partial charge in [-0.3, -0.25) is 0 Å². The summed E-state index contributed by atoms with van der Waals surface area (Å²) in [7, 11) is 0. The van der Waals surface area contributed by atoms with E-state index < -0.39 is 0 Å². The van der Waals surface area contributed by atoms with Crippen LogP contribution in [-0.2, 0) is 0 Å². The van der Waals surface area contributed by atoms with Crippen molar-refractivity contribution in [3.63, 3.8) is 0 Å². The van der Waals surface area contributed by atoms with Gasteiger partial charge in [0.15, 0.2) is 0 Å². The van der Waals surface area contributed by atoms with Crippen LogP contribution in [0.4, 0.5) is 0 Å². The predicted molar refractivity (Wildman–Crippen MR) is 178 cm³/mol. The third-order valence-electron chi connectivity index (χ3n) is 6.55. The highest BCUT2D eigenvalue weighted by Crippen LogP contribution is 2.22. The Morgan fingerprint density at radius 2 is 0.500 bits per heavy atom. The van der Waals surface area contributed by atoms with Gasteiger partial charge < -0.3 is 0 Å². The number of halogens is 1. The van der Waals surface area contributed by atoms with E-state index in [2.05, 4.69) is 182 Å². The molecule has 6 aromatic carbocycles. The van der Waals surface area contributed by atoms with Crippen LogP contribution in [0.3, 0.4) is 0 Å². The molecule has 0 aliphatic carbocycles. The van der Waals surface area contributed by atoms with E-state index in [1.54, 1.807) is 0 Å². The molecule has 1 heteroatoms. The SMILES string of the molecule is Cc1ccc(-c2ccc(Br)cc2)cc1.Cc1ccc(-c2ccccc2)cc1.Cc1ccc(-c2ccccc2)cc1. The van der Waals surface area contributed by atoms with Crippen LogP contribution in [0.25, 0.3) is 33.4 Å². The summed E-state index contributed by atoms with van der Waals surface area (Å²) in [6.07, 6.45) is 0. The van der Waals surface area contributed by atoms with Crippen molar-refractivity contribution in [3.8, 4) is 33.4 Å². The van der Waals surface area contributed by atoms with Crippen molar-refractivity contribution in [2.45, 2.75) is 20.8 Å². The highest BCUT2D eigenvalue weighted by atomic mass is 79.9. The van der Waals surface area contributed by atoms with Gasteiger partial charge in [-0.1, -0.05) is 178 Å². The van der Waals surface area contributed by atoms with Gasteiger partial charge >= 0.3 is 0 Å². The molecule has 0 N–H and O–H groups in total. The Hall–Kier alpha value is -4.20. The van der Waals surface area contributed by atoms with Crippen molar-refractivity contribution in [2.75, 3.05) is 0 Å². The summed E-state index contributed by atoms with van der Waals surface area (Å²) < 4.78 is 1.12. The fraction of sp³-hybridized carbons (Fsp3) is 0.0769. The van der Waals surface area contributed by atoms with Crippen LogP contribution >= 0.6 is 15.9 Å². The summed E-state index contributed by atoms with van der Waals surface area (Å²) in [6.45, 7) is 6.31. The molecular formula is C39H35Br. The van der Waals surface area contributed by atoms with Crippen LogP contribution in [0.2, 0.25) is 0 Å². The standard InChI is InChI=1S/C13H11Br.2C13H12/c1-10-2-4-11(5-3-10)12-6-8-13(14)9-7-12;2*1-11-7-9-13(10-8-11)12-5-3-2-4-6-12/h2-9H,1H3;2*2-10H,1H3. The summed E-state index contributed by atoms with van der Waals surface area (Å²) in [4.78, 5) is 0. The van der Waals surface area contributed by atoms with Crippen molar-refractivity contribution in [1.29, 1.82) is 0 Å². The Kier molecular flexibility index (Phi) is 10.7. The van der Waals surface area contributed by atoms with Crippen LogP contribution in [0.15, 0.2) is 162 Å². The molecule has 40 heavy (non-hydrogen) atoms. The van der Waals surface area contributed by atoms with E-state index >= 15 is 0 Å². The second-order valence-corrected chi connectivity index (χ2v) is 10.8. The summed E-state index contributed by atoms with van der Waals surface area (Å²) in [6, 6.07) is 55.0. The molecule has 0 fully saturated rings. The van der Waals surface area contributed by atoms with Gasteiger partial charge in [-0.05, 0) is 66.3 Å². The van der Waals surface area contributed by atoms with Gasteiger partial charge in [-0.15, -0.1) is 0 Å². The van der Waals surface area contributed by atoms with Gasteiger partial charge in [0.05, 0.1) is 0 Å². The lowest BCUT2D eigenvalue weighted by Gasteiger charge is -2.01. The molecule has 198 valence electrons. The van der Waals surface area contributed by atoms with Gasteiger partial charge in [0.1, 0.15) is 0 Å². The minimum Gasteiger partial charge on any atom is -0.0622 e. The Morgan fingerprint density at radius 1 is 0.275 bits per heavy atom. The van der Waals surface area contributed by atoms with E-state index in [0.29, 0.717) is 0 Å². The summed E-state index contributed by atoms with van der Waals surface area (Å²) in [5, 5.41) is 0. The molecule has 0 bridgehead atoms.